The summed E-state index contributed by atoms with van der Waals surface area (Å²) < 4.78 is 5.25. The van der Waals surface area contributed by atoms with Crippen molar-refractivity contribution in [2.24, 2.45) is 0 Å². The number of hydrogen-bond donors (Lipinski definition) is 0. The van der Waals surface area contributed by atoms with Gasteiger partial charge in [0.25, 0.3) is 0 Å². The van der Waals surface area contributed by atoms with E-state index in [2.05, 4.69) is 24.3 Å². The molecule has 4 rings (SSSR count). The van der Waals surface area contributed by atoms with E-state index in [1.165, 1.54) is 0 Å². The van der Waals surface area contributed by atoms with Gasteiger partial charge in [0.1, 0.15) is 0 Å². The summed E-state index contributed by atoms with van der Waals surface area (Å²) in [6.07, 6.45) is 0. The quantitative estimate of drug-likeness (QED) is 0.484. The average Bonchev–Trinajstić information content (AvgIpc) is 2.66. The minimum atomic E-state index is -0.344. The SMILES string of the molecule is CCOC(=O)c1cc2ccccc2nc1-c1ccc2ccccc2c1. The highest BCUT2D eigenvalue weighted by Gasteiger charge is 2.17. The number of nitrogens with zero attached hydrogens (tertiary/aromatic N) is 1. The van der Waals surface area contributed by atoms with Crippen LogP contribution in [0.25, 0.3) is 32.9 Å². The predicted molar refractivity (Wildman–Crippen MR) is 101 cm³/mol. The van der Waals surface area contributed by atoms with E-state index in [9.17, 15) is 4.79 Å². The number of pyridine rings is 1. The highest BCUT2D eigenvalue weighted by molar-refractivity contribution is 6.01. The number of benzene rings is 3. The maximum absolute atomic E-state index is 12.5. The number of hydrogen-bond acceptors (Lipinski definition) is 3. The molecule has 4 aromatic rings. The molecule has 0 bridgehead atoms. The molecule has 122 valence electrons. The number of aromatic nitrogens is 1. The van der Waals surface area contributed by atoms with Crippen molar-refractivity contribution >= 4 is 27.6 Å². The van der Waals surface area contributed by atoms with Crippen LogP contribution in [0.3, 0.4) is 0 Å². The van der Waals surface area contributed by atoms with Crippen LogP contribution in [0.4, 0.5) is 0 Å². The molecule has 3 nitrogen and oxygen atoms in total. The zero-order valence-electron chi connectivity index (χ0n) is 13.9. The highest BCUT2D eigenvalue weighted by Crippen LogP contribution is 2.29. The maximum atomic E-state index is 12.5. The topological polar surface area (TPSA) is 39.2 Å². The molecule has 0 N–H and O–H groups in total. The van der Waals surface area contributed by atoms with Gasteiger partial charge < -0.3 is 4.74 Å². The van der Waals surface area contributed by atoms with Gasteiger partial charge >= 0.3 is 5.97 Å². The second-order valence-corrected chi connectivity index (χ2v) is 5.86. The lowest BCUT2D eigenvalue weighted by Gasteiger charge is -2.11. The standard InChI is InChI=1S/C22H17NO2/c1-2-25-22(24)19-14-17-9-5-6-10-20(17)23-21(19)18-12-11-15-7-3-4-8-16(15)13-18/h3-14H,2H2,1H3. The molecule has 1 aromatic heterocycles. The van der Waals surface area contributed by atoms with Crippen molar-refractivity contribution in [2.45, 2.75) is 6.92 Å². The smallest absolute Gasteiger partial charge is 0.340 e. The summed E-state index contributed by atoms with van der Waals surface area (Å²) in [6.45, 7) is 2.14. The van der Waals surface area contributed by atoms with Crippen LogP contribution in [0.2, 0.25) is 0 Å². The molecule has 0 amide bonds. The molecule has 0 fully saturated rings. The Balaban J connectivity index is 1.96. The molecule has 1 heterocycles. The Morgan fingerprint density at radius 2 is 1.60 bits per heavy atom. The average molecular weight is 327 g/mol. The Bertz CT molecular complexity index is 1090. The van der Waals surface area contributed by atoms with Crippen LogP contribution in [0.5, 0.6) is 0 Å². The molecule has 0 aliphatic carbocycles. The lowest BCUT2D eigenvalue weighted by atomic mass is 10.00. The summed E-state index contributed by atoms with van der Waals surface area (Å²) in [7, 11) is 0. The number of carbonyl (C=O) groups excluding carboxylic acids is 1. The molecule has 3 aromatic carbocycles. The third-order valence-electron chi connectivity index (χ3n) is 4.24. The number of rotatable bonds is 3. The van der Waals surface area contributed by atoms with E-state index in [0.29, 0.717) is 17.9 Å². The molecule has 3 heteroatoms. The van der Waals surface area contributed by atoms with Crippen LogP contribution < -0.4 is 0 Å². The van der Waals surface area contributed by atoms with E-state index < -0.39 is 0 Å². The molecule has 0 saturated carbocycles. The largest absolute Gasteiger partial charge is 0.462 e. The van der Waals surface area contributed by atoms with Crippen LogP contribution in [-0.4, -0.2) is 17.6 Å². The van der Waals surface area contributed by atoms with Crippen molar-refractivity contribution in [3.63, 3.8) is 0 Å². The zero-order valence-corrected chi connectivity index (χ0v) is 13.9. The minimum absolute atomic E-state index is 0.336. The van der Waals surface area contributed by atoms with Crippen LogP contribution in [0.15, 0.2) is 72.8 Å². The van der Waals surface area contributed by atoms with Gasteiger partial charge in [-0.25, -0.2) is 9.78 Å². The Labute approximate surface area is 145 Å². The Morgan fingerprint density at radius 3 is 2.40 bits per heavy atom. The van der Waals surface area contributed by atoms with Crippen molar-refractivity contribution in [3.8, 4) is 11.3 Å². The fraction of sp³-hybridized carbons (Fsp3) is 0.0909. The Morgan fingerprint density at radius 1 is 0.880 bits per heavy atom. The molecule has 0 aliphatic heterocycles. The van der Waals surface area contributed by atoms with E-state index in [-0.39, 0.29) is 5.97 Å². The van der Waals surface area contributed by atoms with Gasteiger partial charge in [-0.2, -0.15) is 0 Å². The van der Waals surface area contributed by atoms with Crippen molar-refractivity contribution < 1.29 is 9.53 Å². The van der Waals surface area contributed by atoms with Crippen LogP contribution in [-0.2, 0) is 4.74 Å². The van der Waals surface area contributed by atoms with Gasteiger partial charge in [-0.1, -0.05) is 54.6 Å². The minimum Gasteiger partial charge on any atom is -0.462 e. The summed E-state index contributed by atoms with van der Waals surface area (Å²) in [5, 5.41) is 3.20. The predicted octanol–water partition coefficient (Wildman–Crippen LogP) is 5.23. The maximum Gasteiger partial charge on any atom is 0.340 e. The molecule has 0 unspecified atom stereocenters. The summed E-state index contributed by atoms with van der Waals surface area (Å²) in [6, 6.07) is 23.9. The first-order valence-corrected chi connectivity index (χ1v) is 8.32. The fourth-order valence-electron chi connectivity index (χ4n) is 3.04. The zero-order chi connectivity index (χ0) is 17.2. The van der Waals surface area contributed by atoms with Gasteiger partial charge in [-0.15, -0.1) is 0 Å². The third-order valence-corrected chi connectivity index (χ3v) is 4.24. The summed E-state index contributed by atoms with van der Waals surface area (Å²) in [4.78, 5) is 17.2. The van der Waals surface area contributed by atoms with Crippen molar-refractivity contribution in [1.29, 1.82) is 0 Å². The third kappa shape index (κ3) is 2.85. The van der Waals surface area contributed by atoms with Crippen LogP contribution in [0.1, 0.15) is 17.3 Å². The number of para-hydroxylation sites is 1. The van der Waals surface area contributed by atoms with Crippen molar-refractivity contribution in [3.05, 3.63) is 78.4 Å². The first-order chi connectivity index (χ1) is 12.3. The van der Waals surface area contributed by atoms with E-state index in [1.807, 2.05) is 55.5 Å². The number of ether oxygens (including phenoxy) is 1. The number of fused-ring (bicyclic) bond motifs is 2. The van der Waals surface area contributed by atoms with Gasteiger partial charge in [-0.3, -0.25) is 0 Å². The van der Waals surface area contributed by atoms with Gasteiger partial charge in [0.2, 0.25) is 0 Å². The summed E-state index contributed by atoms with van der Waals surface area (Å²) >= 11 is 0. The Kier molecular flexibility index (Phi) is 3.90. The molecular weight excluding hydrogens is 310 g/mol. The Hall–Kier alpha value is -3.20. The van der Waals surface area contributed by atoms with Gasteiger partial charge in [-0.05, 0) is 35.9 Å². The molecular formula is C22H17NO2. The first-order valence-electron chi connectivity index (χ1n) is 8.32. The van der Waals surface area contributed by atoms with E-state index in [4.69, 9.17) is 9.72 Å². The molecule has 0 saturated heterocycles. The first kappa shape index (κ1) is 15.3. The number of carbonyl (C=O) groups is 1. The normalized spacial score (nSPS) is 10.9. The molecule has 25 heavy (non-hydrogen) atoms. The number of esters is 1. The summed E-state index contributed by atoms with van der Waals surface area (Å²) in [5.74, 6) is -0.344. The lowest BCUT2D eigenvalue weighted by molar-refractivity contribution is 0.0527. The second kappa shape index (κ2) is 6.36. The van der Waals surface area contributed by atoms with Gasteiger partial charge in [0.05, 0.1) is 23.4 Å². The van der Waals surface area contributed by atoms with Crippen LogP contribution in [0, 0.1) is 0 Å². The molecule has 0 atom stereocenters. The van der Waals surface area contributed by atoms with Gasteiger partial charge in [0.15, 0.2) is 0 Å². The fourth-order valence-corrected chi connectivity index (χ4v) is 3.04. The van der Waals surface area contributed by atoms with Crippen molar-refractivity contribution in [2.75, 3.05) is 6.61 Å². The second-order valence-electron chi connectivity index (χ2n) is 5.86. The van der Waals surface area contributed by atoms with Crippen LogP contribution >= 0.6 is 0 Å². The molecule has 0 radical (unpaired) electrons. The van der Waals surface area contributed by atoms with E-state index >= 15 is 0 Å². The molecule has 0 spiro atoms. The van der Waals surface area contributed by atoms with E-state index in [1.54, 1.807) is 0 Å². The lowest BCUT2D eigenvalue weighted by Crippen LogP contribution is -2.08. The van der Waals surface area contributed by atoms with Crippen molar-refractivity contribution in [1.82, 2.24) is 4.98 Å². The monoisotopic (exact) mass is 327 g/mol. The summed E-state index contributed by atoms with van der Waals surface area (Å²) in [5.41, 5.74) is 2.92. The molecule has 0 aliphatic rings. The van der Waals surface area contributed by atoms with E-state index in [0.717, 1.165) is 27.2 Å². The highest BCUT2D eigenvalue weighted by atomic mass is 16.5. The van der Waals surface area contributed by atoms with Gasteiger partial charge in [0, 0.05) is 10.9 Å².